The van der Waals surface area contributed by atoms with Crippen molar-refractivity contribution in [3.05, 3.63) is 69.1 Å². The zero-order chi connectivity index (χ0) is 14.5. The van der Waals surface area contributed by atoms with Crippen LogP contribution in [0.4, 0.5) is 0 Å². The zero-order valence-corrected chi connectivity index (χ0v) is 12.6. The summed E-state index contributed by atoms with van der Waals surface area (Å²) in [5, 5.41) is 0. The maximum absolute atomic E-state index is 12.6. The van der Waals surface area contributed by atoms with Crippen LogP contribution in [0.1, 0.15) is 43.2 Å². The van der Waals surface area contributed by atoms with E-state index in [0.29, 0.717) is 6.54 Å². The minimum Gasteiger partial charge on any atom is -0.308 e. The quantitative estimate of drug-likeness (QED) is 0.813. The summed E-state index contributed by atoms with van der Waals surface area (Å²) in [6, 6.07) is 12.3. The summed E-state index contributed by atoms with van der Waals surface area (Å²) < 4.78 is 1.97. The Morgan fingerprint density at radius 3 is 2.10 bits per heavy atom. The van der Waals surface area contributed by atoms with E-state index in [2.05, 4.69) is 39.0 Å². The minimum atomic E-state index is 0.172. The molecule has 0 aliphatic heterocycles. The molecule has 2 nitrogen and oxygen atoms in total. The summed E-state index contributed by atoms with van der Waals surface area (Å²) in [6.45, 7) is 7.00. The number of benzene rings is 1. The van der Waals surface area contributed by atoms with Crippen LogP contribution in [-0.4, -0.2) is 4.57 Å². The van der Waals surface area contributed by atoms with Crippen LogP contribution in [0.15, 0.2) is 41.2 Å². The second-order valence-corrected chi connectivity index (χ2v) is 5.08. The van der Waals surface area contributed by atoms with E-state index < -0.39 is 0 Å². The van der Waals surface area contributed by atoms with Crippen LogP contribution in [0.2, 0.25) is 0 Å². The molecular weight excluding hydrogens is 246 g/mol. The third-order valence-corrected chi connectivity index (χ3v) is 3.85. The van der Waals surface area contributed by atoms with Gasteiger partial charge in [-0.05, 0) is 36.5 Å². The Morgan fingerprint density at radius 1 is 0.900 bits per heavy atom. The lowest BCUT2D eigenvalue weighted by Gasteiger charge is -2.17. The summed E-state index contributed by atoms with van der Waals surface area (Å²) in [5.41, 5.74) is 4.76. The van der Waals surface area contributed by atoms with Crippen molar-refractivity contribution in [3.8, 4) is 0 Å². The fraction of sp³-hybridized carbons (Fsp3) is 0.389. The normalized spacial score (nSPS) is 10.8. The smallest absolute Gasteiger partial charge is 0.254 e. The molecule has 2 heteroatoms. The SMILES string of the molecule is CCc1cc(CC)c(=O)n(Cc2ccccc2)c1CC. The Hall–Kier alpha value is -1.83. The number of aryl methyl sites for hydroxylation is 2. The van der Waals surface area contributed by atoms with E-state index in [-0.39, 0.29) is 5.56 Å². The maximum atomic E-state index is 12.6. The second-order valence-electron chi connectivity index (χ2n) is 5.08. The molecule has 0 amide bonds. The first kappa shape index (κ1) is 14.6. The topological polar surface area (TPSA) is 22.0 Å². The molecule has 0 fully saturated rings. The van der Waals surface area contributed by atoms with Crippen LogP contribution in [0, 0.1) is 0 Å². The first-order valence-electron chi connectivity index (χ1n) is 7.49. The lowest BCUT2D eigenvalue weighted by molar-refractivity contribution is 0.684. The van der Waals surface area contributed by atoms with E-state index in [1.54, 1.807) is 0 Å². The fourth-order valence-corrected chi connectivity index (χ4v) is 2.74. The van der Waals surface area contributed by atoms with Crippen molar-refractivity contribution in [2.45, 2.75) is 46.6 Å². The van der Waals surface area contributed by atoms with Gasteiger partial charge in [-0.1, -0.05) is 51.1 Å². The van der Waals surface area contributed by atoms with E-state index in [1.165, 1.54) is 16.8 Å². The third-order valence-electron chi connectivity index (χ3n) is 3.85. The van der Waals surface area contributed by atoms with E-state index >= 15 is 0 Å². The van der Waals surface area contributed by atoms with Crippen LogP contribution in [0.5, 0.6) is 0 Å². The van der Waals surface area contributed by atoms with Gasteiger partial charge < -0.3 is 4.57 Å². The highest BCUT2D eigenvalue weighted by Crippen LogP contribution is 2.13. The molecule has 0 aliphatic carbocycles. The molecule has 0 radical (unpaired) electrons. The van der Waals surface area contributed by atoms with Crippen LogP contribution in [-0.2, 0) is 25.8 Å². The summed E-state index contributed by atoms with van der Waals surface area (Å²) in [4.78, 5) is 12.6. The van der Waals surface area contributed by atoms with E-state index in [9.17, 15) is 4.79 Å². The summed E-state index contributed by atoms with van der Waals surface area (Å²) in [7, 11) is 0. The van der Waals surface area contributed by atoms with Gasteiger partial charge in [-0.25, -0.2) is 0 Å². The van der Waals surface area contributed by atoms with Crippen molar-refractivity contribution in [2.24, 2.45) is 0 Å². The molecule has 1 aromatic carbocycles. The van der Waals surface area contributed by atoms with Gasteiger partial charge in [0.05, 0.1) is 6.54 Å². The molecule has 0 aliphatic rings. The van der Waals surface area contributed by atoms with Crippen LogP contribution < -0.4 is 5.56 Å². The first-order valence-corrected chi connectivity index (χ1v) is 7.49. The van der Waals surface area contributed by atoms with Crippen LogP contribution in [0.25, 0.3) is 0 Å². The summed E-state index contributed by atoms with van der Waals surface area (Å²) >= 11 is 0. The molecule has 1 aromatic heterocycles. The summed E-state index contributed by atoms with van der Waals surface area (Å²) in [6.07, 6.45) is 2.67. The third kappa shape index (κ3) is 2.84. The molecule has 0 saturated heterocycles. The number of hydrogen-bond acceptors (Lipinski definition) is 1. The van der Waals surface area contributed by atoms with Gasteiger partial charge in [-0.3, -0.25) is 4.79 Å². The van der Waals surface area contributed by atoms with Crippen molar-refractivity contribution in [1.29, 1.82) is 0 Å². The lowest BCUT2D eigenvalue weighted by atomic mass is 10.0. The number of hydrogen-bond donors (Lipinski definition) is 0. The van der Waals surface area contributed by atoms with Crippen molar-refractivity contribution >= 4 is 0 Å². The molecule has 0 N–H and O–H groups in total. The highest BCUT2D eigenvalue weighted by molar-refractivity contribution is 5.28. The Balaban J connectivity index is 2.57. The average molecular weight is 269 g/mol. The number of pyridine rings is 1. The van der Waals surface area contributed by atoms with E-state index in [0.717, 1.165) is 24.8 Å². The summed E-state index contributed by atoms with van der Waals surface area (Å²) in [5.74, 6) is 0. The van der Waals surface area contributed by atoms with E-state index in [4.69, 9.17) is 0 Å². The lowest BCUT2D eigenvalue weighted by Crippen LogP contribution is -2.28. The average Bonchev–Trinajstić information content (AvgIpc) is 2.50. The first-order chi connectivity index (χ1) is 9.71. The Kier molecular flexibility index (Phi) is 4.78. The number of nitrogens with zero attached hydrogens (tertiary/aromatic N) is 1. The molecule has 0 atom stereocenters. The molecule has 0 unspecified atom stereocenters. The molecule has 0 bridgehead atoms. The highest BCUT2D eigenvalue weighted by atomic mass is 16.1. The Labute approximate surface area is 121 Å². The van der Waals surface area contributed by atoms with Crippen molar-refractivity contribution in [1.82, 2.24) is 4.57 Å². The molecule has 0 spiro atoms. The molecule has 2 aromatic rings. The fourth-order valence-electron chi connectivity index (χ4n) is 2.74. The van der Waals surface area contributed by atoms with Crippen LogP contribution in [0.3, 0.4) is 0 Å². The van der Waals surface area contributed by atoms with E-state index in [1.807, 2.05) is 22.8 Å². The molecule has 20 heavy (non-hydrogen) atoms. The molecule has 0 saturated carbocycles. The monoisotopic (exact) mass is 269 g/mol. The molecule has 106 valence electrons. The van der Waals surface area contributed by atoms with Crippen molar-refractivity contribution in [2.75, 3.05) is 0 Å². The second kappa shape index (κ2) is 6.56. The maximum Gasteiger partial charge on any atom is 0.254 e. The molecular formula is C18H23NO. The number of aromatic nitrogens is 1. The van der Waals surface area contributed by atoms with Gasteiger partial charge in [0.15, 0.2) is 0 Å². The van der Waals surface area contributed by atoms with Gasteiger partial charge in [0.25, 0.3) is 5.56 Å². The zero-order valence-electron chi connectivity index (χ0n) is 12.6. The van der Waals surface area contributed by atoms with Gasteiger partial charge >= 0.3 is 0 Å². The van der Waals surface area contributed by atoms with Gasteiger partial charge in [-0.2, -0.15) is 0 Å². The molecule has 2 rings (SSSR count). The van der Waals surface area contributed by atoms with Crippen LogP contribution >= 0.6 is 0 Å². The highest BCUT2D eigenvalue weighted by Gasteiger charge is 2.12. The Bertz CT molecular complexity index is 626. The van der Waals surface area contributed by atoms with Crippen molar-refractivity contribution < 1.29 is 0 Å². The van der Waals surface area contributed by atoms with Gasteiger partial charge in [0.2, 0.25) is 0 Å². The van der Waals surface area contributed by atoms with Crippen molar-refractivity contribution in [3.63, 3.8) is 0 Å². The van der Waals surface area contributed by atoms with Gasteiger partial charge in [0, 0.05) is 11.3 Å². The predicted molar refractivity (Wildman–Crippen MR) is 84.4 cm³/mol. The Morgan fingerprint density at radius 2 is 1.55 bits per heavy atom. The molecule has 1 heterocycles. The van der Waals surface area contributed by atoms with Gasteiger partial charge in [0.1, 0.15) is 0 Å². The number of rotatable bonds is 5. The van der Waals surface area contributed by atoms with Gasteiger partial charge in [-0.15, -0.1) is 0 Å². The predicted octanol–water partition coefficient (Wildman–Crippen LogP) is 3.58. The minimum absolute atomic E-state index is 0.172. The standard InChI is InChI=1S/C18H23NO/c1-4-15-12-16(5-2)18(20)19(17(15)6-3)13-14-10-8-7-9-11-14/h7-12H,4-6,13H2,1-3H3. The largest absolute Gasteiger partial charge is 0.308 e.